The first-order chi connectivity index (χ1) is 16.9. The van der Waals surface area contributed by atoms with Gasteiger partial charge in [-0.2, -0.15) is 5.26 Å². The average molecular weight is 603 g/mol. The minimum absolute atomic E-state index is 0.0615. The zero-order valence-electron chi connectivity index (χ0n) is 18.9. The van der Waals surface area contributed by atoms with Gasteiger partial charge in [-0.05, 0) is 88.7 Å². The molecule has 178 valence electrons. The normalized spacial score (nSPS) is 12.1. The summed E-state index contributed by atoms with van der Waals surface area (Å²) in [5.74, 6) is 1.89. The molecule has 0 unspecified atom stereocenters. The summed E-state index contributed by atoms with van der Waals surface area (Å²) in [5, 5.41) is 12.8. The van der Waals surface area contributed by atoms with Crippen molar-refractivity contribution >= 4 is 51.9 Å². The summed E-state index contributed by atoms with van der Waals surface area (Å²) in [5.41, 5.74) is 2.87. The first kappa shape index (κ1) is 24.7. The van der Waals surface area contributed by atoms with E-state index in [-0.39, 0.29) is 12.4 Å². The molecule has 1 heterocycles. The van der Waals surface area contributed by atoms with Crippen molar-refractivity contribution in [2.75, 3.05) is 19.2 Å². The first-order valence-corrected chi connectivity index (χ1v) is 11.9. The summed E-state index contributed by atoms with van der Waals surface area (Å²) in [6.45, 7) is 2.37. The fraction of sp³-hybridized carbons (Fsp3) is 0.154. The van der Waals surface area contributed by atoms with Gasteiger partial charge in [-0.25, -0.2) is 0 Å². The molecule has 0 saturated carbocycles. The van der Waals surface area contributed by atoms with E-state index in [2.05, 4.69) is 27.9 Å². The van der Waals surface area contributed by atoms with E-state index < -0.39 is 5.91 Å². The lowest BCUT2D eigenvalue weighted by molar-refractivity contribution is -0.112. The summed E-state index contributed by atoms with van der Waals surface area (Å²) in [4.78, 5) is 12.7. The maximum absolute atomic E-state index is 12.7. The maximum Gasteiger partial charge on any atom is 0.266 e. The molecule has 7 nitrogen and oxygen atoms in total. The Hall–Kier alpha value is -3.42. The van der Waals surface area contributed by atoms with Crippen LogP contribution >= 0.6 is 34.2 Å². The second-order valence-electron chi connectivity index (χ2n) is 7.60. The highest BCUT2D eigenvalue weighted by molar-refractivity contribution is 14.1. The largest absolute Gasteiger partial charge is 0.493 e. The third kappa shape index (κ3) is 5.81. The lowest BCUT2D eigenvalue weighted by atomic mass is 10.1. The number of amides is 1. The highest BCUT2D eigenvalue weighted by atomic mass is 127. The molecule has 0 aliphatic carbocycles. The molecule has 0 saturated heterocycles. The molecule has 3 aromatic rings. The summed E-state index contributed by atoms with van der Waals surface area (Å²) in [6, 6.07) is 16.3. The van der Waals surface area contributed by atoms with Crippen LogP contribution in [0, 0.1) is 21.8 Å². The number of fused-ring (bicyclic) bond motifs is 1. The van der Waals surface area contributed by atoms with Crippen molar-refractivity contribution in [1.82, 2.24) is 0 Å². The molecule has 0 radical (unpaired) electrons. The van der Waals surface area contributed by atoms with Crippen LogP contribution in [0.25, 0.3) is 6.08 Å². The summed E-state index contributed by atoms with van der Waals surface area (Å²) < 4.78 is 23.1. The number of hydrogen-bond acceptors (Lipinski definition) is 6. The molecule has 0 atom stereocenters. The molecule has 3 aromatic carbocycles. The number of rotatable bonds is 7. The van der Waals surface area contributed by atoms with Gasteiger partial charge in [0.05, 0.1) is 10.7 Å². The lowest BCUT2D eigenvalue weighted by Gasteiger charge is -2.14. The fourth-order valence-corrected chi connectivity index (χ4v) is 4.30. The smallest absolute Gasteiger partial charge is 0.266 e. The fourth-order valence-electron chi connectivity index (χ4n) is 3.33. The van der Waals surface area contributed by atoms with Gasteiger partial charge in [0, 0.05) is 10.7 Å². The Morgan fingerprint density at radius 3 is 2.74 bits per heavy atom. The Labute approximate surface area is 221 Å². The van der Waals surface area contributed by atoms with Crippen molar-refractivity contribution < 1.29 is 23.7 Å². The Morgan fingerprint density at radius 1 is 1.20 bits per heavy atom. The van der Waals surface area contributed by atoms with E-state index in [4.69, 9.17) is 30.5 Å². The molecular formula is C26H20ClIN2O5. The van der Waals surface area contributed by atoms with E-state index >= 15 is 0 Å². The zero-order chi connectivity index (χ0) is 24.9. The van der Waals surface area contributed by atoms with Crippen molar-refractivity contribution in [3.63, 3.8) is 0 Å². The van der Waals surface area contributed by atoms with Crippen LogP contribution in [0.5, 0.6) is 23.0 Å². The minimum Gasteiger partial charge on any atom is -0.493 e. The molecule has 4 rings (SSSR count). The number of anilines is 1. The number of benzene rings is 3. The van der Waals surface area contributed by atoms with Gasteiger partial charge in [-0.1, -0.05) is 23.7 Å². The monoisotopic (exact) mass is 602 g/mol. The highest BCUT2D eigenvalue weighted by Crippen LogP contribution is 2.37. The van der Waals surface area contributed by atoms with Crippen LogP contribution < -0.4 is 24.3 Å². The molecule has 0 fully saturated rings. The van der Waals surface area contributed by atoms with Gasteiger partial charge < -0.3 is 24.3 Å². The summed E-state index contributed by atoms with van der Waals surface area (Å²) >= 11 is 8.26. The number of carbonyl (C=O) groups is 1. The van der Waals surface area contributed by atoms with Crippen LogP contribution in [0.4, 0.5) is 5.69 Å². The number of ether oxygens (including phenoxy) is 4. The van der Waals surface area contributed by atoms with Gasteiger partial charge in [-0.15, -0.1) is 0 Å². The predicted octanol–water partition coefficient (Wildman–Crippen LogP) is 6.12. The van der Waals surface area contributed by atoms with Gasteiger partial charge in [0.2, 0.25) is 6.79 Å². The van der Waals surface area contributed by atoms with Crippen LogP contribution in [-0.2, 0) is 11.4 Å². The van der Waals surface area contributed by atoms with Crippen LogP contribution in [0.15, 0.2) is 54.1 Å². The van der Waals surface area contributed by atoms with Crippen LogP contribution in [0.2, 0.25) is 5.02 Å². The first-order valence-electron chi connectivity index (χ1n) is 10.5. The molecule has 35 heavy (non-hydrogen) atoms. The van der Waals surface area contributed by atoms with Crippen LogP contribution in [-0.4, -0.2) is 19.8 Å². The van der Waals surface area contributed by atoms with Gasteiger partial charge in [-0.3, -0.25) is 4.79 Å². The molecule has 0 spiro atoms. The third-order valence-corrected chi connectivity index (χ3v) is 6.39. The molecule has 1 N–H and O–H groups in total. The Kier molecular flexibility index (Phi) is 7.68. The SMILES string of the molecule is COc1cc(/C=C(/C#N)C(=O)Nc2ccc(C)c(Cl)c2)cc(I)c1OCc1ccc2c(c1)OCO2. The highest BCUT2D eigenvalue weighted by Gasteiger charge is 2.16. The van der Waals surface area contributed by atoms with Gasteiger partial charge >= 0.3 is 0 Å². The van der Waals surface area contributed by atoms with E-state index in [1.807, 2.05) is 37.3 Å². The topological polar surface area (TPSA) is 89.8 Å². The van der Waals surface area contributed by atoms with Crippen molar-refractivity contribution in [3.05, 3.63) is 79.4 Å². The number of halogens is 2. The number of methoxy groups -OCH3 is 1. The number of nitrogens with zero attached hydrogens (tertiary/aromatic N) is 1. The Morgan fingerprint density at radius 2 is 2.00 bits per heavy atom. The number of aryl methyl sites for hydroxylation is 1. The third-order valence-electron chi connectivity index (χ3n) is 5.18. The summed E-state index contributed by atoms with van der Waals surface area (Å²) in [7, 11) is 1.53. The number of nitriles is 1. The predicted molar refractivity (Wildman–Crippen MR) is 141 cm³/mol. The standard InChI is InChI=1S/C26H20ClIN2O5/c1-15-3-5-19(11-20(15)27)30-26(31)18(12-29)7-17-8-21(28)25(24(10-17)32-2)33-13-16-4-6-22-23(9-16)35-14-34-22/h3-11H,13-14H2,1-2H3,(H,30,31)/b18-7-. The van der Waals surface area contributed by atoms with E-state index in [0.29, 0.717) is 45.9 Å². The summed E-state index contributed by atoms with van der Waals surface area (Å²) in [6.07, 6.45) is 1.50. The molecule has 0 aromatic heterocycles. The van der Waals surface area contributed by atoms with E-state index in [1.54, 1.807) is 24.3 Å². The van der Waals surface area contributed by atoms with Crippen molar-refractivity contribution in [2.45, 2.75) is 13.5 Å². The zero-order valence-corrected chi connectivity index (χ0v) is 21.8. The van der Waals surface area contributed by atoms with Gasteiger partial charge in [0.15, 0.2) is 23.0 Å². The Bertz CT molecular complexity index is 1370. The Balaban J connectivity index is 1.52. The maximum atomic E-state index is 12.7. The molecule has 1 aliphatic heterocycles. The number of hydrogen-bond donors (Lipinski definition) is 1. The second kappa shape index (κ2) is 10.9. The van der Waals surface area contributed by atoms with Gasteiger partial charge in [0.25, 0.3) is 5.91 Å². The molecule has 1 amide bonds. The van der Waals surface area contributed by atoms with Crippen molar-refractivity contribution in [3.8, 4) is 29.1 Å². The molecule has 9 heteroatoms. The van der Waals surface area contributed by atoms with Crippen LogP contribution in [0.3, 0.4) is 0 Å². The molecule has 1 aliphatic rings. The van der Waals surface area contributed by atoms with Crippen molar-refractivity contribution in [1.29, 1.82) is 5.26 Å². The van der Waals surface area contributed by atoms with Crippen LogP contribution in [0.1, 0.15) is 16.7 Å². The number of nitrogens with one attached hydrogen (secondary N) is 1. The second-order valence-corrected chi connectivity index (χ2v) is 9.17. The molecule has 0 bridgehead atoms. The van der Waals surface area contributed by atoms with Crippen molar-refractivity contribution in [2.24, 2.45) is 0 Å². The van der Waals surface area contributed by atoms with E-state index in [1.165, 1.54) is 13.2 Å². The minimum atomic E-state index is -0.537. The van der Waals surface area contributed by atoms with E-state index in [0.717, 1.165) is 14.7 Å². The quantitative estimate of drug-likeness (QED) is 0.199. The molecular weight excluding hydrogens is 583 g/mol. The number of carbonyl (C=O) groups excluding carboxylic acids is 1. The van der Waals surface area contributed by atoms with E-state index in [9.17, 15) is 10.1 Å². The average Bonchev–Trinajstić information content (AvgIpc) is 3.31. The lowest BCUT2D eigenvalue weighted by Crippen LogP contribution is -2.13. The van der Waals surface area contributed by atoms with Gasteiger partial charge in [0.1, 0.15) is 18.2 Å².